The van der Waals surface area contributed by atoms with Gasteiger partial charge in [-0.2, -0.15) is 0 Å². The predicted molar refractivity (Wildman–Crippen MR) is 152 cm³/mol. The molecule has 6 rings (SSSR count). The Kier molecular flexibility index (Phi) is 6.66. The van der Waals surface area contributed by atoms with Crippen molar-refractivity contribution in [2.45, 2.75) is 37.6 Å². The Morgan fingerprint density at radius 2 is 1.71 bits per heavy atom. The van der Waals surface area contributed by atoms with Crippen LogP contribution in [0.25, 0.3) is 10.9 Å². The Labute approximate surface area is 240 Å². The van der Waals surface area contributed by atoms with E-state index in [0.717, 1.165) is 32.6 Å². The third-order valence-corrected chi connectivity index (χ3v) is 7.91. The normalized spacial score (nSPS) is 19.3. The number of aromatic nitrogens is 1. The van der Waals surface area contributed by atoms with Crippen LogP contribution in [-0.2, 0) is 16.0 Å². The summed E-state index contributed by atoms with van der Waals surface area (Å²) in [7, 11) is 1.56. The molecule has 0 unspecified atom stereocenters. The van der Waals surface area contributed by atoms with Crippen LogP contribution in [0.1, 0.15) is 40.1 Å². The van der Waals surface area contributed by atoms with Crippen LogP contribution in [0.4, 0.5) is 10.5 Å². The fourth-order valence-corrected chi connectivity index (χ4v) is 5.90. The monoisotopic (exact) mass is 568 g/mol. The first-order chi connectivity index (χ1) is 20.2. The third-order valence-electron chi connectivity index (χ3n) is 7.91. The number of methoxy groups -OCH3 is 1. The van der Waals surface area contributed by atoms with Crippen molar-refractivity contribution in [3.8, 4) is 5.75 Å². The fourth-order valence-electron chi connectivity index (χ4n) is 5.90. The number of carbonyl (C=O) groups excluding carboxylic acids is 3. The summed E-state index contributed by atoms with van der Waals surface area (Å²) in [5, 5.41) is 22.6. The van der Waals surface area contributed by atoms with Gasteiger partial charge < -0.3 is 25.3 Å². The molecule has 0 bridgehead atoms. The van der Waals surface area contributed by atoms with Crippen LogP contribution < -0.4 is 15.0 Å². The van der Waals surface area contributed by atoms with E-state index in [4.69, 9.17) is 4.74 Å². The molecule has 2 aliphatic rings. The van der Waals surface area contributed by atoms with E-state index in [1.54, 1.807) is 31.4 Å². The Bertz CT molecular complexity index is 1730. The molecule has 3 aromatic carbocycles. The summed E-state index contributed by atoms with van der Waals surface area (Å²) in [6.07, 6.45) is -1.11. The van der Waals surface area contributed by atoms with E-state index >= 15 is 0 Å². The van der Waals surface area contributed by atoms with Crippen LogP contribution in [-0.4, -0.2) is 69.2 Å². The van der Waals surface area contributed by atoms with E-state index in [1.165, 1.54) is 24.0 Å². The number of nitrogens with one attached hydrogen (secondary N) is 2. The van der Waals surface area contributed by atoms with Crippen molar-refractivity contribution < 1.29 is 34.1 Å². The molecular weight excluding hydrogens is 540 g/mol. The molecule has 0 spiro atoms. The van der Waals surface area contributed by atoms with E-state index in [9.17, 15) is 29.4 Å². The number of hydrogen-bond acceptors (Lipinski definition) is 6. The first kappa shape index (κ1) is 27.0. The van der Waals surface area contributed by atoms with Gasteiger partial charge in [-0.3, -0.25) is 14.5 Å². The largest absolute Gasteiger partial charge is 0.497 e. The van der Waals surface area contributed by atoms with Crippen molar-refractivity contribution >= 4 is 40.4 Å². The van der Waals surface area contributed by atoms with E-state index in [0.29, 0.717) is 5.75 Å². The van der Waals surface area contributed by atoms with Crippen molar-refractivity contribution in [3.63, 3.8) is 0 Å². The molecular formula is C31H28N4O7. The number of fused-ring (bicyclic) bond motifs is 4. The average molecular weight is 569 g/mol. The van der Waals surface area contributed by atoms with Crippen molar-refractivity contribution in [2.75, 3.05) is 12.0 Å². The fraction of sp³-hybridized carbons (Fsp3) is 0.226. The molecule has 1 fully saturated rings. The number of para-hydroxylation sites is 2. The van der Waals surface area contributed by atoms with Crippen LogP contribution >= 0.6 is 0 Å². The van der Waals surface area contributed by atoms with Crippen LogP contribution in [0.5, 0.6) is 5.75 Å². The Balaban J connectivity index is 1.44. The molecule has 1 aromatic heterocycles. The number of H-pyrrole nitrogens is 1. The Hall–Kier alpha value is -5.16. The van der Waals surface area contributed by atoms with Gasteiger partial charge in [-0.1, -0.05) is 42.5 Å². The van der Waals surface area contributed by atoms with Gasteiger partial charge in [-0.25, -0.2) is 14.5 Å². The number of aliphatic carboxylic acids is 1. The molecule has 4 N–H and O–H groups in total. The summed E-state index contributed by atoms with van der Waals surface area (Å²) >= 11 is 0. The van der Waals surface area contributed by atoms with Crippen LogP contribution in [0, 0.1) is 0 Å². The highest BCUT2D eigenvalue weighted by Gasteiger charge is 2.53. The molecule has 0 saturated carbocycles. The quantitative estimate of drug-likeness (QED) is 0.250. The number of amides is 4. The molecule has 11 heteroatoms. The van der Waals surface area contributed by atoms with Gasteiger partial charge in [0.05, 0.1) is 24.5 Å². The molecule has 11 nitrogen and oxygen atoms in total. The maximum absolute atomic E-state index is 14.2. The lowest BCUT2D eigenvalue weighted by molar-refractivity contribution is -0.141. The summed E-state index contributed by atoms with van der Waals surface area (Å²) in [4.78, 5) is 59.1. The number of aromatic amines is 1. The maximum Gasteiger partial charge on any atom is 0.332 e. The van der Waals surface area contributed by atoms with Crippen LogP contribution in [0.15, 0.2) is 72.8 Å². The number of aliphatic hydroxyl groups excluding tert-OH is 1. The number of aliphatic hydroxyl groups is 1. The first-order valence-corrected chi connectivity index (χ1v) is 13.4. The van der Waals surface area contributed by atoms with Crippen molar-refractivity contribution in [2.24, 2.45) is 0 Å². The summed E-state index contributed by atoms with van der Waals surface area (Å²) in [6, 6.07) is 17.4. The molecule has 2 aliphatic heterocycles. The van der Waals surface area contributed by atoms with E-state index in [1.807, 2.05) is 36.4 Å². The second-order valence-electron chi connectivity index (χ2n) is 10.4. The lowest BCUT2D eigenvalue weighted by atomic mass is 9.89. The van der Waals surface area contributed by atoms with Gasteiger partial charge in [0.2, 0.25) is 0 Å². The molecule has 4 amide bonds. The summed E-state index contributed by atoms with van der Waals surface area (Å²) < 4.78 is 5.33. The summed E-state index contributed by atoms with van der Waals surface area (Å²) in [5.74, 6) is -2.12. The van der Waals surface area contributed by atoms with Gasteiger partial charge in [0.15, 0.2) is 6.04 Å². The molecule has 3 heterocycles. The SMILES string of the molecule is COc1ccc([C@@H]2c3[nH]c4ccccc4c3C[C@H]3C(=O)N(c4ccccc4C(=O)N[C@H](C(=O)O)[C@@H](C)O)C(=O)N23)cc1. The van der Waals surface area contributed by atoms with Gasteiger partial charge in [-0.15, -0.1) is 0 Å². The minimum absolute atomic E-state index is 0.0242. The highest BCUT2D eigenvalue weighted by molar-refractivity contribution is 6.24. The van der Waals surface area contributed by atoms with Gasteiger partial charge in [0, 0.05) is 23.0 Å². The molecule has 42 heavy (non-hydrogen) atoms. The van der Waals surface area contributed by atoms with Gasteiger partial charge in [-0.05, 0) is 48.4 Å². The topological polar surface area (TPSA) is 152 Å². The highest BCUT2D eigenvalue weighted by Crippen LogP contribution is 2.45. The molecule has 0 radical (unpaired) electrons. The number of anilines is 1. The first-order valence-electron chi connectivity index (χ1n) is 13.4. The lowest BCUT2D eigenvalue weighted by Crippen LogP contribution is -2.48. The van der Waals surface area contributed by atoms with Crippen molar-refractivity contribution in [3.05, 3.63) is 95.2 Å². The zero-order valence-electron chi connectivity index (χ0n) is 22.8. The smallest absolute Gasteiger partial charge is 0.332 e. The molecule has 214 valence electrons. The summed E-state index contributed by atoms with van der Waals surface area (Å²) in [6.45, 7) is 1.24. The maximum atomic E-state index is 14.2. The number of imide groups is 1. The van der Waals surface area contributed by atoms with Gasteiger partial charge in [0.1, 0.15) is 17.8 Å². The zero-order chi connectivity index (χ0) is 29.7. The van der Waals surface area contributed by atoms with E-state index in [-0.39, 0.29) is 17.7 Å². The van der Waals surface area contributed by atoms with Gasteiger partial charge >= 0.3 is 12.0 Å². The Morgan fingerprint density at radius 3 is 2.40 bits per heavy atom. The number of ether oxygens (including phenoxy) is 1. The Morgan fingerprint density at radius 1 is 1.02 bits per heavy atom. The second-order valence-corrected chi connectivity index (χ2v) is 10.4. The van der Waals surface area contributed by atoms with E-state index < -0.39 is 48.0 Å². The number of benzene rings is 3. The number of carbonyl (C=O) groups is 4. The van der Waals surface area contributed by atoms with Crippen molar-refractivity contribution in [1.29, 1.82) is 0 Å². The zero-order valence-corrected chi connectivity index (χ0v) is 22.8. The van der Waals surface area contributed by atoms with E-state index in [2.05, 4.69) is 10.3 Å². The minimum Gasteiger partial charge on any atom is -0.497 e. The third kappa shape index (κ3) is 4.25. The molecule has 4 aromatic rings. The second kappa shape index (κ2) is 10.3. The minimum atomic E-state index is -1.58. The summed E-state index contributed by atoms with van der Waals surface area (Å²) in [5.41, 5.74) is 3.35. The molecule has 4 atom stereocenters. The number of rotatable bonds is 7. The average Bonchev–Trinajstić information content (AvgIpc) is 3.48. The highest BCUT2D eigenvalue weighted by atomic mass is 16.5. The molecule has 0 aliphatic carbocycles. The number of carboxylic acid groups (broad SMARTS) is 1. The predicted octanol–water partition coefficient (Wildman–Crippen LogP) is 3.22. The number of urea groups is 1. The lowest BCUT2D eigenvalue weighted by Gasteiger charge is -2.36. The number of nitrogens with zero attached hydrogens (tertiary/aromatic N) is 2. The van der Waals surface area contributed by atoms with Gasteiger partial charge in [0.25, 0.3) is 11.8 Å². The standard InChI is InChI=1S/C31H28N4O7/c1-16(36)25(30(39)40)33-28(37)20-8-4-6-10-23(20)35-29(38)24-15-21-19-7-3-5-9-22(19)32-26(21)27(34(24)31(35)41)17-11-13-18(42-2)14-12-17/h3-14,16,24-25,27,32,36H,15H2,1-2H3,(H,33,37)(H,39,40)/t16-,24+,25+,27-/m1/s1. The van der Waals surface area contributed by atoms with Crippen LogP contribution in [0.2, 0.25) is 0 Å². The van der Waals surface area contributed by atoms with Crippen LogP contribution in [0.3, 0.4) is 0 Å². The number of hydrogen-bond donors (Lipinski definition) is 4. The number of carboxylic acids is 1. The van der Waals surface area contributed by atoms with Crippen molar-refractivity contribution in [1.82, 2.24) is 15.2 Å². The molecule has 1 saturated heterocycles.